The molecule has 0 radical (unpaired) electrons. The van der Waals surface area contributed by atoms with Gasteiger partial charge in [0.2, 0.25) is 5.56 Å². The number of carbonyl (C=O) groups is 1. The fraction of sp³-hybridized carbons (Fsp3) is 0.250. The molecule has 1 aromatic heterocycles. The highest BCUT2D eigenvalue weighted by molar-refractivity contribution is 5.95. The van der Waals surface area contributed by atoms with Crippen LogP contribution >= 0.6 is 0 Å². The van der Waals surface area contributed by atoms with E-state index >= 15 is 0 Å². The van der Waals surface area contributed by atoms with Crippen LogP contribution in [-0.4, -0.2) is 24.6 Å². The summed E-state index contributed by atoms with van der Waals surface area (Å²) >= 11 is 0. The molecule has 0 spiro atoms. The Bertz CT molecular complexity index is 705. The summed E-state index contributed by atoms with van der Waals surface area (Å²) in [5.74, 6) is -0.132. The van der Waals surface area contributed by atoms with Crippen molar-refractivity contribution in [3.05, 3.63) is 64.1 Å². The monoisotopic (exact) mass is 285 g/mol. The Morgan fingerprint density at radius 3 is 2.67 bits per heavy atom. The highest BCUT2D eigenvalue weighted by Crippen LogP contribution is 2.13. The summed E-state index contributed by atoms with van der Waals surface area (Å²) in [6, 6.07) is 10.6. The van der Waals surface area contributed by atoms with Gasteiger partial charge < -0.3 is 14.8 Å². The minimum atomic E-state index is -0.132. The lowest BCUT2D eigenvalue weighted by molar-refractivity contribution is 0.0951. The van der Waals surface area contributed by atoms with Crippen molar-refractivity contribution in [3.8, 4) is 0 Å². The number of nitrogens with zero attached hydrogens (tertiary/aromatic N) is 2. The summed E-state index contributed by atoms with van der Waals surface area (Å²) in [6.07, 6.45) is 1.72. The number of aryl methyl sites for hydroxylation is 1. The molecule has 0 aliphatic heterocycles. The van der Waals surface area contributed by atoms with Crippen LogP contribution in [0.3, 0.4) is 0 Å². The molecular formula is C16H19N3O2. The highest BCUT2D eigenvalue weighted by Gasteiger charge is 2.07. The van der Waals surface area contributed by atoms with Gasteiger partial charge in [0.15, 0.2) is 0 Å². The first-order valence-corrected chi connectivity index (χ1v) is 6.68. The summed E-state index contributed by atoms with van der Waals surface area (Å²) in [5, 5.41) is 2.86. The molecule has 0 saturated carbocycles. The van der Waals surface area contributed by atoms with Crippen molar-refractivity contribution in [1.29, 1.82) is 0 Å². The summed E-state index contributed by atoms with van der Waals surface area (Å²) in [4.78, 5) is 25.4. The second-order valence-electron chi connectivity index (χ2n) is 5.11. The maximum atomic E-state index is 12.1. The van der Waals surface area contributed by atoms with Crippen molar-refractivity contribution >= 4 is 11.6 Å². The third-order valence-electron chi connectivity index (χ3n) is 3.22. The minimum Gasteiger partial charge on any atom is -0.378 e. The minimum absolute atomic E-state index is 0.0660. The van der Waals surface area contributed by atoms with E-state index in [0.29, 0.717) is 12.1 Å². The largest absolute Gasteiger partial charge is 0.378 e. The number of carbonyl (C=O) groups excluding carboxylic acids is 1. The first-order valence-electron chi connectivity index (χ1n) is 6.68. The third-order valence-corrected chi connectivity index (χ3v) is 3.22. The molecule has 0 saturated heterocycles. The second-order valence-corrected chi connectivity index (χ2v) is 5.11. The Kier molecular flexibility index (Phi) is 4.42. The standard InChI is InChI=1S/C16H19N3O2/c1-18(2)14-6-4-5-13(9-14)16(21)17-10-12-7-8-15(20)19(3)11-12/h4-9,11H,10H2,1-3H3,(H,17,21). The van der Waals surface area contributed by atoms with E-state index in [4.69, 9.17) is 0 Å². The van der Waals surface area contributed by atoms with Crippen LogP contribution in [-0.2, 0) is 13.6 Å². The molecule has 1 heterocycles. The molecule has 5 heteroatoms. The highest BCUT2D eigenvalue weighted by atomic mass is 16.1. The summed E-state index contributed by atoms with van der Waals surface area (Å²) in [6.45, 7) is 0.388. The predicted molar refractivity (Wildman–Crippen MR) is 83.6 cm³/mol. The Morgan fingerprint density at radius 1 is 1.24 bits per heavy atom. The van der Waals surface area contributed by atoms with Crippen LogP contribution in [0.1, 0.15) is 15.9 Å². The zero-order valence-corrected chi connectivity index (χ0v) is 12.5. The summed E-state index contributed by atoms with van der Waals surface area (Å²) in [7, 11) is 5.55. The molecule has 0 aliphatic rings. The molecular weight excluding hydrogens is 266 g/mol. The Morgan fingerprint density at radius 2 is 2.00 bits per heavy atom. The Hall–Kier alpha value is -2.56. The number of hydrogen-bond donors (Lipinski definition) is 1. The van der Waals surface area contributed by atoms with Crippen LogP contribution in [0, 0.1) is 0 Å². The Balaban J connectivity index is 2.06. The van der Waals surface area contributed by atoms with Crippen molar-refractivity contribution in [2.24, 2.45) is 7.05 Å². The van der Waals surface area contributed by atoms with E-state index in [-0.39, 0.29) is 11.5 Å². The van der Waals surface area contributed by atoms with Crippen LogP contribution in [0.15, 0.2) is 47.4 Å². The number of rotatable bonds is 4. The van der Waals surface area contributed by atoms with E-state index < -0.39 is 0 Å². The predicted octanol–water partition coefficient (Wildman–Crippen LogP) is 1.38. The van der Waals surface area contributed by atoms with E-state index in [2.05, 4.69) is 5.32 Å². The number of hydrogen-bond acceptors (Lipinski definition) is 3. The lowest BCUT2D eigenvalue weighted by Crippen LogP contribution is -2.24. The molecule has 2 aromatic rings. The number of pyridine rings is 1. The zero-order chi connectivity index (χ0) is 15.4. The van der Waals surface area contributed by atoms with E-state index in [1.54, 1.807) is 25.4 Å². The van der Waals surface area contributed by atoms with Crippen LogP contribution < -0.4 is 15.8 Å². The molecule has 2 rings (SSSR count). The maximum absolute atomic E-state index is 12.1. The number of benzene rings is 1. The SMILES string of the molecule is CN(C)c1cccc(C(=O)NCc2ccc(=O)n(C)c2)c1. The van der Waals surface area contributed by atoms with E-state index in [1.807, 2.05) is 37.2 Å². The van der Waals surface area contributed by atoms with Crippen molar-refractivity contribution in [2.75, 3.05) is 19.0 Å². The maximum Gasteiger partial charge on any atom is 0.251 e. The molecule has 1 N–H and O–H groups in total. The fourth-order valence-electron chi connectivity index (χ4n) is 1.97. The van der Waals surface area contributed by atoms with Gasteiger partial charge in [-0.15, -0.1) is 0 Å². The van der Waals surface area contributed by atoms with Crippen LogP contribution in [0.2, 0.25) is 0 Å². The van der Waals surface area contributed by atoms with Gasteiger partial charge in [-0.05, 0) is 23.8 Å². The Labute approximate surface area is 123 Å². The fourth-order valence-corrected chi connectivity index (χ4v) is 1.97. The van der Waals surface area contributed by atoms with Gasteiger partial charge in [0.05, 0.1) is 0 Å². The molecule has 1 amide bonds. The van der Waals surface area contributed by atoms with Crippen LogP contribution in [0.5, 0.6) is 0 Å². The van der Waals surface area contributed by atoms with Crippen LogP contribution in [0.25, 0.3) is 0 Å². The first kappa shape index (κ1) is 14.8. The quantitative estimate of drug-likeness (QED) is 0.923. The molecule has 1 aromatic carbocycles. The molecule has 0 aliphatic carbocycles. The van der Waals surface area contributed by atoms with E-state index in [9.17, 15) is 9.59 Å². The lowest BCUT2D eigenvalue weighted by atomic mass is 10.1. The summed E-state index contributed by atoms with van der Waals surface area (Å²) in [5.41, 5.74) is 2.41. The average Bonchev–Trinajstić information content (AvgIpc) is 2.48. The molecule has 21 heavy (non-hydrogen) atoms. The van der Waals surface area contributed by atoms with Gasteiger partial charge in [-0.3, -0.25) is 9.59 Å². The van der Waals surface area contributed by atoms with Crippen molar-refractivity contribution in [3.63, 3.8) is 0 Å². The zero-order valence-electron chi connectivity index (χ0n) is 12.5. The lowest BCUT2D eigenvalue weighted by Gasteiger charge is -2.13. The number of aromatic nitrogens is 1. The van der Waals surface area contributed by atoms with Crippen molar-refractivity contribution < 1.29 is 4.79 Å². The smallest absolute Gasteiger partial charge is 0.251 e. The molecule has 0 unspecified atom stereocenters. The molecule has 110 valence electrons. The number of anilines is 1. The first-order chi connectivity index (χ1) is 9.97. The number of amides is 1. The number of nitrogens with one attached hydrogen (secondary N) is 1. The van der Waals surface area contributed by atoms with Crippen molar-refractivity contribution in [1.82, 2.24) is 9.88 Å². The van der Waals surface area contributed by atoms with Gasteiger partial charge in [-0.2, -0.15) is 0 Å². The molecule has 0 bridgehead atoms. The van der Waals surface area contributed by atoms with Gasteiger partial charge >= 0.3 is 0 Å². The van der Waals surface area contributed by atoms with Gasteiger partial charge in [0, 0.05) is 51.2 Å². The van der Waals surface area contributed by atoms with Gasteiger partial charge in [0.25, 0.3) is 5.91 Å². The average molecular weight is 285 g/mol. The van der Waals surface area contributed by atoms with Gasteiger partial charge in [-0.1, -0.05) is 12.1 Å². The molecule has 0 fully saturated rings. The topological polar surface area (TPSA) is 54.3 Å². The van der Waals surface area contributed by atoms with Crippen molar-refractivity contribution in [2.45, 2.75) is 6.54 Å². The second kappa shape index (κ2) is 6.26. The van der Waals surface area contributed by atoms with E-state index in [1.165, 1.54) is 10.6 Å². The molecule has 0 atom stereocenters. The van der Waals surface area contributed by atoms with E-state index in [0.717, 1.165) is 11.3 Å². The summed E-state index contributed by atoms with van der Waals surface area (Å²) < 4.78 is 1.49. The molecule has 5 nitrogen and oxygen atoms in total. The van der Waals surface area contributed by atoms with Gasteiger partial charge in [0.1, 0.15) is 0 Å². The third kappa shape index (κ3) is 3.72. The van der Waals surface area contributed by atoms with Gasteiger partial charge in [-0.25, -0.2) is 0 Å². The van der Waals surface area contributed by atoms with Crippen LogP contribution in [0.4, 0.5) is 5.69 Å². The normalized spacial score (nSPS) is 10.2.